The minimum absolute atomic E-state index is 0.0531. The van der Waals surface area contributed by atoms with Crippen molar-refractivity contribution in [1.29, 1.82) is 0 Å². The molecular formula is C34H32O11. The van der Waals surface area contributed by atoms with Crippen molar-refractivity contribution in [3.8, 4) is 34.5 Å². The molecule has 1 aliphatic heterocycles. The second kappa shape index (κ2) is 10.8. The van der Waals surface area contributed by atoms with Crippen LogP contribution in [0.5, 0.6) is 34.5 Å². The number of ether oxygens (including phenoxy) is 2. The Morgan fingerprint density at radius 3 is 1.82 bits per heavy atom. The van der Waals surface area contributed by atoms with Gasteiger partial charge in [0.05, 0.1) is 6.61 Å². The van der Waals surface area contributed by atoms with E-state index in [1.54, 1.807) is 60.7 Å². The Labute approximate surface area is 257 Å². The van der Waals surface area contributed by atoms with E-state index in [1.807, 2.05) is 0 Å². The first-order valence-electron chi connectivity index (χ1n) is 14.5. The second-order valence-electron chi connectivity index (χ2n) is 11.9. The number of rotatable bonds is 5. The summed E-state index contributed by atoms with van der Waals surface area (Å²) in [6.07, 6.45) is -7.76. The van der Waals surface area contributed by atoms with Crippen LogP contribution in [0.3, 0.4) is 0 Å². The van der Waals surface area contributed by atoms with Crippen LogP contribution in [0.1, 0.15) is 57.1 Å². The van der Waals surface area contributed by atoms with Gasteiger partial charge >= 0.3 is 0 Å². The molecule has 7 rings (SSSR count). The average Bonchev–Trinajstić information content (AvgIpc) is 3.28. The van der Waals surface area contributed by atoms with Crippen molar-refractivity contribution >= 4 is 0 Å². The lowest BCUT2D eigenvalue weighted by molar-refractivity contribution is -0.277. The minimum atomic E-state index is -1.71. The van der Waals surface area contributed by atoms with Gasteiger partial charge in [-0.05, 0) is 58.7 Å². The minimum Gasteiger partial charge on any atom is -0.508 e. The third kappa shape index (κ3) is 4.63. The summed E-state index contributed by atoms with van der Waals surface area (Å²) in [7, 11) is 0. The summed E-state index contributed by atoms with van der Waals surface area (Å²) in [5.74, 6) is -2.25. The number of aliphatic hydroxyl groups is 4. The van der Waals surface area contributed by atoms with Crippen LogP contribution in [0, 0.1) is 0 Å². The molecule has 0 aromatic heterocycles. The summed E-state index contributed by atoms with van der Waals surface area (Å²) >= 11 is 0. The molecule has 1 fully saturated rings. The Bertz CT molecular complexity index is 1740. The van der Waals surface area contributed by atoms with Crippen molar-refractivity contribution in [1.82, 2.24) is 0 Å². The molecule has 2 aliphatic carbocycles. The van der Waals surface area contributed by atoms with E-state index in [2.05, 4.69) is 0 Å². The molecule has 3 aliphatic rings. The first kappa shape index (κ1) is 29.2. The van der Waals surface area contributed by atoms with Gasteiger partial charge in [-0.2, -0.15) is 0 Å². The fourth-order valence-electron chi connectivity index (χ4n) is 7.52. The molecule has 9 atom stereocenters. The van der Waals surface area contributed by atoms with Crippen LogP contribution >= 0.6 is 0 Å². The molecule has 11 heteroatoms. The van der Waals surface area contributed by atoms with Crippen molar-refractivity contribution in [3.05, 3.63) is 106 Å². The predicted octanol–water partition coefficient (Wildman–Crippen LogP) is 2.55. The molecule has 4 aromatic carbocycles. The summed E-state index contributed by atoms with van der Waals surface area (Å²) in [6.45, 7) is -0.656. The molecule has 2 bridgehead atoms. The van der Waals surface area contributed by atoms with E-state index in [0.717, 1.165) is 11.1 Å². The molecule has 11 nitrogen and oxygen atoms in total. The second-order valence-corrected chi connectivity index (χ2v) is 11.9. The fraction of sp³-hybridized carbons (Fsp3) is 0.294. The smallest absolute Gasteiger partial charge is 0.229 e. The maximum atomic E-state index is 11.3. The monoisotopic (exact) mass is 616 g/mol. The van der Waals surface area contributed by atoms with Gasteiger partial charge in [0.15, 0.2) is 0 Å². The maximum Gasteiger partial charge on any atom is 0.229 e. The highest BCUT2D eigenvalue weighted by Crippen LogP contribution is 2.69. The number of phenols is 5. The fourth-order valence-corrected chi connectivity index (χ4v) is 7.52. The Morgan fingerprint density at radius 2 is 1.18 bits per heavy atom. The van der Waals surface area contributed by atoms with E-state index >= 15 is 0 Å². The summed E-state index contributed by atoms with van der Waals surface area (Å²) in [5.41, 5.74) is 3.89. The van der Waals surface area contributed by atoms with Gasteiger partial charge in [-0.15, -0.1) is 0 Å². The molecule has 4 aromatic rings. The molecule has 234 valence electrons. The zero-order valence-corrected chi connectivity index (χ0v) is 23.7. The Balaban J connectivity index is 1.47. The van der Waals surface area contributed by atoms with E-state index in [-0.39, 0.29) is 40.4 Å². The zero-order valence-electron chi connectivity index (χ0n) is 23.7. The van der Waals surface area contributed by atoms with E-state index in [1.165, 1.54) is 12.1 Å². The van der Waals surface area contributed by atoms with Gasteiger partial charge in [0.25, 0.3) is 0 Å². The first-order chi connectivity index (χ1) is 21.6. The third-order valence-electron chi connectivity index (χ3n) is 9.38. The lowest BCUT2D eigenvalue weighted by atomic mass is 9.63. The van der Waals surface area contributed by atoms with Gasteiger partial charge in [-0.1, -0.05) is 24.3 Å². The number of hydrogen-bond acceptors (Lipinski definition) is 11. The van der Waals surface area contributed by atoms with E-state index in [0.29, 0.717) is 22.3 Å². The normalized spacial score (nSPS) is 30.0. The van der Waals surface area contributed by atoms with Crippen molar-refractivity contribution in [2.24, 2.45) is 0 Å². The van der Waals surface area contributed by atoms with Crippen molar-refractivity contribution in [2.75, 3.05) is 6.61 Å². The first-order valence-corrected chi connectivity index (χ1v) is 14.5. The van der Waals surface area contributed by atoms with Gasteiger partial charge in [0, 0.05) is 46.9 Å². The molecule has 1 heterocycles. The molecule has 9 N–H and O–H groups in total. The topological polar surface area (TPSA) is 201 Å². The predicted molar refractivity (Wildman–Crippen MR) is 158 cm³/mol. The summed E-state index contributed by atoms with van der Waals surface area (Å²) in [6, 6.07) is 19.0. The molecule has 0 saturated carbocycles. The standard InChI is InChI=1S/C34H32O11/c35-13-24-31(41)32(42)33(43)34(45-24)44-23-12-19(39)10-21-28(23)30-20-9-18(38)11-22(40)27(20)25(14-1-5-16(36)6-2-14)29(21)26(30)15-3-7-17(37)8-4-15/h1-12,24-26,29-43H,13H2/t24-,25+,26-,29-,30+,31-,32+,33-,34-/m1/s1. The number of fused-ring (bicyclic) bond motifs is 7. The quantitative estimate of drug-likeness (QED) is 0.160. The largest absolute Gasteiger partial charge is 0.508 e. The summed E-state index contributed by atoms with van der Waals surface area (Å²) < 4.78 is 11.8. The molecular weight excluding hydrogens is 584 g/mol. The van der Waals surface area contributed by atoms with E-state index in [9.17, 15) is 46.0 Å². The Kier molecular flexibility index (Phi) is 7.03. The number of phenolic OH excluding ortho intramolecular Hbond substituents is 5. The molecule has 0 unspecified atom stereocenters. The van der Waals surface area contributed by atoms with Gasteiger partial charge in [-0.25, -0.2) is 0 Å². The van der Waals surface area contributed by atoms with Crippen LogP contribution in [0.2, 0.25) is 0 Å². The number of hydrogen-bond donors (Lipinski definition) is 9. The number of benzene rings is 4. The molecule has 0 radical (unpaired) electrons. The number of aliphatic hydroxyl groups excluding tert-OH is 4. The van der Waals surface area contributed by atoms with Crippen LogP contribution in [-0.4, -0.2) is 83.3 Å². The van der Waals surface area contributed by atoms with Gasteiger partial charge < -0.3 is 55.4 Å². The van der Waals surface area contributed by atoms with Crippen LogP contribution in [0.25, 0.3) is 0 Å². The molecule has 0 spiro atoms. The molecule has 1 saturated heterocycles. The summed E-state index contributed by atoms with van der Waals surface area (Å²) in [4.78, 5) is 0. The molecule has 45 heavy (non-hydrogen) atoms. The van der Waals surface area contributed by atoms with E-state index in [4.69, 9.17) is 9.47 Å². The zero-order chi connectivity index (χ0) is 31.7. The number of aromatic hydroxyl groups is 5. The molecule has 0 amide bonds. The average molecular weight is 617 g/mol. The maximum absolute atomic E-state index is 11.3. The summed E-state index contributed by atoms with van der Waals surface area (Å²) in [5, 5.41) is 94.4. The third-order valence-corrected chi connectivity index (χ3v) is 9.38. The van der Waals surface area contributed by atoms with Gasteiger partial charge in [0.1, 0.15) is 58.9 Å². The van der Waals surface area contributed by atoms with Gasteiger partial charge in [0.2, 0.25) is 6.29 Å². The van der Waals surface area contributed by atoms with Crippen LogP contribution < -0.4 is 4.74 Å². The SMILES string of the molecule is OC[C@H]1O[C@@H](Oc2cc(O)cc3c2[C@H]2c4cc(O)cc(O)c4[C@H](c4ccc(O)cc4)[C@@H]3[C@H]2c2ccc(O)cc2)[C@H](O)[C@@H](O)[C@@H]1O. The van der Waals surface area contributed by atoms with Crippen LogP contribution in [0.15, 0.2) is 72.8 Å². The Morgan fingerprint density at radius 1 is 0.578 bits per heavy atom. The van der Waals surface area contributed by atoms with Crippen molar-refractivity contribution in [3.63, 3.8) is 0 Å². The van der Waals surface area contributed by atoms with Gasteiger partial charge in [-0.3, -0.25) is 0 Å². The highest BCUT2D eigenvalue weighted by atomic mass is 16.7. The highest BCUT2D eigenvalue weighted by molar-refractivity contribution is 5.69. The van der Waals surface area contributed by atoms with Crippen LogP contribution in [0.4, 0.5) is 0 Å². The Hall–Kier alpha value is -4.52. The van der Waals surface area contributed by atoms with Crippen molar-refractivity contribution in [2.45, 2.75) is 54.4 Å². The van der Waals surface area contributed by atoms with Crippen LogP contribution in [-0.2, 0) is 4.74 Å². The van der Waals surface area contributed by atoms with Crippen molar-refractivity contribution < 1.29 is 55.4 Å². The lowest BCUT2D eigenvalue weighted by Crippen LogP contribution is -2.60. The lowest BCUT2D eigenvalue weighted by Gasteiger charge is -2.40. The highest BCUT2D eigenvalue weighted by Gasteiger charge is 2.54. The van der Waals surface area contributed by atoms with E-state index < -0.39 is 55.1 Å².